The first kappa shape index (κ1) is 13.9. The molecule has 1 aromatic carbocycles. The minimum Gasteiger partial charge on any atom is -0.370 e. The highest BCUT2D eigenvalue weighted by Gasteiger charge is 2.05. The number of aryl methyl sites for hydroxylation is 1. The Bertz CT molecular complexity index is 629. The van der Waals surface area contributed by atoms with Crippen LogP contribution in [0.2, 0.25) is 0 Å². The van der Waals surface area contributed by atoms with Crippen molar-refractivity contribution in [3.8, 4) is 6.07 Å². The first-order valence-corrected chi connectivity index (χ1v) is 6.71. The molecule has 0 atom stereocenters. The number of nitriles is 1. The van der Waals surface area contributed by atoms with Crippen molar-refractivity contribution in [3.63, 3.8) is 0 Å². The normalized spacial score (nSPS) is 9.85. The summed E-state index contributed by atoms with van der Waals surface area (Å²) in [5, 5.41) is 15.8. The Morgan fingerprint density at radius 2 is 2.15 bits per heavy atom. The summed E-state index contributed by atoms with van der Waals surface area (Å²) < 4.78 is 0. The van der Waals surface area contributed by atoms with E-state index in [1.165, 1.54) is 0 Å². The van der Waals surface area contributed by atoms with Gasteiger partial charge in [0.25, 0.3) is 0 Å². The molecular weight excluding hydrogens is 248 g/mol. The van der Waals surface area contributed by atoms with Gasteiger partial charge in [-0.1, -0.05) is 19.1 Å². The number of hydrogen-bond donors (Lipinski definition) is 2. The Kier molecular flexibility index (Phi) is 4.56. The molecule has 0 saturated heterocycles. The van der Waals surface area contributed by atoms with Gasteiger partial charge in [-0.25, -0.2) is 4.98 Å². The second kappa shape index (κ2) is 6.58. The molecule has 0 aliphatic rings. The lowest BCUT2D eigenvalue weighted by molar-refractivity contribution is 0.969. The summed E-state index contributed by atoms with van der Waals surface area (Å²) in [5.41, 5.74) is 3.38. The number of nitrogens with one attached hydrogen (secondary N) is 2. The van der Waals surface area contributed by atoms with Crippen LogP contribution in [0, 0.1) is 18.3 Å². The minimum absolute atomic E-state index is 0.673. The van der Waals surface area contributed by atoms with Crippen LogP contribution in [0.15, 0.2) is 36.5 Å². The maximum absolute atomic E-state index is 9.23. The zero-order valence-corrected chi connectivity index (χ0v) is 11.8. The molecule has 0 aliphatic carbocycles. The van der Waals surface area contributed by atoms with Gasteiger partial charge in [0.05, 0.1) is 11.3 Å². The van der Waals surface area contributed by atoms with Crippen LogP contribution < -0.4 is 10.6 Å². The van der Waals surface area contributed by atoms with E-state index in [2.05, 4.69) is 28.6 Å². The van der Waals surface area contributed by atoms with Gasteiger partial charge in [0.1, 0.15) is 11.9 Å². The number of rotatable bonds is 5. The second-order valence-corrected chi connectivity index (χ2v) is 4.59. The Morgan fingerprint density at radius 3 is 2.90 bits per heavy atom. The summed E-state index contributed by atoms with van der Waals surface area (Å²) in [6.45, 7) is 4.94. The largest absolute Gasteiger partial charge is 0.370 e. The van der Waals surface area contributed by atoms with Gasteiger partial charge in [-0.05, 0) is 31.0 Å². The average Bonchev–Trinajstić information content (AvgIpc) is 2.46. The first-order valence-electron chi connectivity index (χ1n) is 6.71. The van der Waals surface area contributed by atoms with E-state index in [1.807, 2.05) is 37.3 Å². The zero-order chi connectivity index (χ0) is 14.4. The molecule has 2 rings (SSSR count). The molecule has 0 bridgehead atoms. The molecule has 4 heteroatoms. The highest BCUT2D eigenvalue weighted by atomic mass is 15.0. The summed E-state index contributed by atoms with van der Waals surface area (Å²) in [6, 6.07) is 11.9. The first-order chi connectivity index (χ1) is 9.74. The fraction of sp³-hybridized carbons (Fsp3) is 0.250. The number of pyridine rings is 1. The Hall–Kier alpha value is -2.54. The van der Waals surface area contributed by atoms with Crippen LogP contribution in [0.4, 0.5) is 17.2 Å². The molecule has 0 saturated carbocycles. The monoisotopic (exact) mass is 266 g/mol. The molecule has 4 nitrogen and oxygen atoms in total. The molecule has 0 radical (unpaired) electrons. The topological polar surface area (TPSA) is 60.7 Å². The van der Waals surface area contributed by atoms with Crippen molar-refractivity contribution in [2.24, 2.45) is 0 Å². The van der Waals surface area contributed by atoms with Gasteiger partial charge in [0.2, 0.25) is 0 Å². The van der Waals surface area contributed by atoms with E-state index < -0.39 is 0 Å². The van der Waals surface area contributed by atoms with E-state index in [9.17, 15) is 5.26 Å². The molecule has 0 amide bonds. The predicted octanol–water partition coefficient (Wildman–Crippen LogP) is 3.83. The van der Waals surface area contributed by atoms with Crippen LogP contribution in [-0.2, 0) is 0 Å². The van der Waals surface area contributed by atoms with Crippen LogP contribution in [0.25, 0.3) is 0 Å². The third-order valence-electron chi connectivity index (χ3n) is 2.98. The maximum atomic E-state index is 9.23. The Balaban J connectivity index is 2.22. The minimum atomic E-state index is 0.673. The maximum Gasteiger partial charge on any atom is 0.127 e. The summed E-state index contributed by atoms with van der Waals surface area (Å²) in [4.78, 5) is 4.26. The van der Waals surface area contributed by atoms with Crippen molar-refractivity contribution in [2.75, 3.05) is 17.2 Å². The lowest BCUT2D eigenvalue weighted by Crippen LogP contribution is -2.02. The Labute approximate surface area is 119 Å². The quantitative estimate of drug-likeness (QED) is 0.863. The molecule has 0 unspecified atom stereocenters. The van der Waals surface area contributed by atoms with Crippen molar-refractivity contribution in [1.82, 2.24) is 4.98 Å². The van der Waals surface area contributed by atoms with Gasteiger partial charge >= 0.3 is 0 Å². The summed E-state index contributed by atoms with van der Waals surface area (Å²) in [6.07, 6.45) is 2.80. The number of benzene rings is 1. The SMILES string of the molecule is CCCNc1cc(Nc2cccc(C)c2C#N)ccn1. The van der Waals surface area contributed by atoms with E-state index in [1.54, 1.807) is 6.20 Å². The predicted molar refractivity (Wildman–Crippen MR) is 82.2 cm³/mol. The molecule has 102 valence electrons. The van der Waals surface area contributed by atoms with Crippen LogP contribution in [0.3, 0.4) is 0 Å². The van der Waals surface area contributed by atoms with Gasteiger partial charge in [-0.15, -0.1) is 0 Å². The average molecular weight is 266 g/mol. The van der Waals surface area contributed by atoms with E-state index in [0.717, 1.165) is 35.7 Å². The van der Waals surface area contributed by atoms with Crippen molar-refractivity contribution < 1.29 is 0 Å². The van der Waals surface area contributed by atoms with Crippen LogP contribution in [-0.4, -0.2) is 11.5 Å². The van der Waals surface area contributed by atoms with Crippen molar-refractivity contribution in [3.05, 3.63) is 47.7 Å². The van der Waals surface area contributed by atoms with Crippen molar-refractivity contribution in [1.29, 1.82) is 5.26 Å². The fourth-order valence-corrected chi connectivity index (χ4v) is 1.93. The summed E-state index contributed by atoms with van der Waals surface area (Å²) in [7, 11) is 0. The Morgan fingerprint density at radius 1 is 1.30 bits per heavy atom. The lowest BCUT2D eigenvalue weighted by atomic mass is 10.1. The van der Waals surface area contributed by atoms with Gasteiger partial charge in [0.15, 0.2) is 0 Å². The molecule has 0 aliphatic heterocycles. The van der Waals surface area contributed by atoms with Crippen molar-refractivity contribution in [2.45, 2.75) is 20.3 Å². The molecule has 20 heavy (non-hydrogen) atoms. The van der Waals surface area contributed by atoms with E-state index in [4.69, 9.17) is 0 Å². The van der Waals surface area contributed by atoms with Crippen LogP contribution in [0.5, 0.6) is 0 Å². The molecule has 1 aromatic heterocycles. The molecule has 2 aromatic rings. The van der Waals surface area contributed by atoms with Gasteiger partial charge < -0.3 is 10.6 Å². The van der Waals surface area contributed by atoms with Gasteiger partial charge in [0, 0.05) is 24.5 Å². The number of anilines is 3. The van der Waals surface area contributed by atoms with Gasteiger partial charge in [-0.3, -0.25) is 0 Å². The highest BCUT2D eigenvalue weighted by Crippen LogP contribution is 2.23. The van der Waals surface area contributed by atoms with Crippen molar-refractivity contribution >= 4 is 17.2 Å². The van der Waals surface area contributed by atoms with E-state index in [0.29, 0.717) is 5.56 Å². The molecule has 0 spiro atoms. The summed E-state index contributed by atoms with van der Waals surface area (Å²) >= 11 is 0. The molecule has 1 heterocycles. The standard InChI is InChI=1S/C16H18N4/c1-3-8-18-16-10-13(7-9-19-16)20-15-6-4-5-12(2)14(15)11-17/h4-7,9-10H,3,8H2,1-2H3,(H2,18,19,20). The van der Waals surface area contributed by atoms with E-state index in [-0.39, 0.29) is 0 Å². The molecular formula is C16H18N4. The molecule has 0 fully saturated rings. The van der Waals surface area contributed by atoms with E-state index >= 15 is 0 Å². The fourth-order valence-electron chi connectivity index (χ4n) is 1.93. The van der Waals surface area contributed by atoms with Crippen LogP contribution in [0.1, 0.15) is 24.5 Å². The number of aromatic nitrogens is 1. The summed E-state index contributed by atoms with van der Waals surface area (Å²) in [5.74, 6) is 0.836. The highest BCUT2D eigenvalue weighted by molar-refractivity contribution is 5.69. The molecule has 2 N–H and O–H groups in total. The number of hydrogen-bond acceptors (Lipinski definition) is 4. The second-order valence-electron chi connectivity index (χ2n) is 4.59. The number of nitrogens with zero attached hydrogens (tertiary/aromatic N) is 2. The third kappa shape index (κ3) is 3.27. The third-order valence-corrected chi connectivity index (χ3v) is 2.98. The zero-order valence-electron chi connectivity index (χ0n) is 11.8. The van der Waals surface area contributed by atoms with Crippen LogP contribution >= 0.6 is 0 Å². The smallest absolute Gasteiger partial charge is 0.127 e. The lowest BCUT2D eigenvalue weighted by Gasteiger charge is -2.11. The van der Waals surface area contributed by atoms with Gasteiger partial charge in [-0.2, -0.15) is 5.26 Å².